The van der Waals surface area contributed by atoms with Crippen molar-refractivity contribution in [1.82, 2.24) is 0 Å². The predicted octanol–water partition coefficient (Wildman–Crippen LogP) is 0.112. The summed E-state index contributed by atoms with van der Waals surface area (Å²) in [5.41, 5.74) is 0. The Morgan fingerprint density at radius 3 is 1.92 bits per heavy atom. The first-order valence-corrected chi connectivity index (χ1v) is 7.54. The molecule has 4 heteroatoms. The molecule has 0 aliphatic heterocycles. The fourth-order valence-electron chi connectivity index (χ4n) is 0.964. The molecular weight excluding hydrogens is 214 g/mol. The van der Waals surface area contributed by atoms with Crippen LogP contribution in [0.25, 0.3) is 0 Å². The quantitative estimate of drug-likeness (QED) is 0.495. The van der Waals surface area contributed by atoms with E-state index in [2.05, 4.69) is 25.2 Å². The molecule has 0 fully saturated rings. The minimum absolute atomic E-state index is 0. The van der Waals surface area contributed by atoms with E-state index in [4.69, 9.17) is 23.2 Å². The average molecular weight is 225 g/mol. The first-order chi connectivity index (χ1) is 5.55. The minimum atomic E-state index is -1.71. The van der Waals surface area contributed by atoms with Gasteiger partial charge in [-0.2, -0.15) is 0 Å². The zero-order valence-electron chi connectivity index (χ0n) is 8.14. The third kappa shape index (κ3) is 3.34. The Morgan fingerprint density at radius 1 is 1.08 bits per heavy atom. The maximum atomic E-state index is 5.85. The first kappa shape index (κ1) is 13.6. The topological polar surface area (TPSA) is 0 Å². The maximum Gasteiger partial charge on any atom is 1.00 e. The van der Waals surface area contributed by atoms with E-state index in [1.807, 2.05) is 18.2 Å². The Hall–Kier alpha value is 0.614. The second kappa shape index (κ2) is 5.48. The van der Waals surface area contributed by atoms with Gasteiger partial charge in [0.15, 0.2) is 0 Å². The normalized spacial score (nSPS) is 11.2. The molecule has 0 aliphatic carbocycles. The van der Waals surface area contributed by atoms with E-state index in [0.29, 0.717) is 4.46 Å². The molecule has 1 aromatic rings. The van der Waals surface area contributed by atoms with Gasteiger partial charge in [-0.1, -0.05) is 48.6 Å². The molecule has 0 heterocycles. The van der Waals surface area contributed by atoms with Gasteiger partial charge in [0.05, 0.1) is 0 Å². The van der Waals surface area contributed by atoms with Gasteiger partial charge in [0.25, 0.3) is 0 Å². The van der Waals surface area contributed by atoms with Gasteiger partial charge < -0.3 is 23.2 Å². The maximum absolute atomic E-state index is 5.85. The summed E-state index contributed by atoms with van der Waals surface area (Å²) in [5, 5.41) is 1.27. The van der Waals surface area contributed by atoms with Crippen molar-refractivity contribution in [3.05, 3.63) is 34.8 Å². The number of halogens is 2. The number of hydrogen-bond acceptors (Lipinski definition) is 0. The molecule has 13 heavy (non-hydrogen) atoms. The molecular formula is C9H11Cl2LiSi. The van der Waals surface area contributed by atoms with Crippen molar-refractivity contribution in [2.45, 2.75) is 13.1 Å². The minimum Gasteiger partial charge on any atom is -0.331 e. The van der Waals surface area contributed by atoms with Crippen molar-refractivity contribution < 1.29 is 18.9 Å². The second-order valence-electron chi connectivity index (χ2n) is 3.25. The largest absolute Gasteiger partial charge is 1.00 e. The molecule has 0 aromatic heterocycles. The molecule has 0 nitrogen and oxygen atoms in total. The zero-order chi connectivity index (χ0) is 9.19. The summed E-state index contributed by atoms with van der Waals surface area (Å²) in [7, 11) is -1.71. The van der Waals surface area contributed by atoms with Crippen LogP contribution in [0.2, 0.25) is 13.1 Å². The van der Waals surface area contributed by atoms with Gasteiger partial charge in [0.2, 0.25) is 0 Å². The summed E-state index contributed by atoms with van der Waals surface area (Å²) >= 11 is 11.7. The number of rotatable bonds is 2. The Kier molecular flexibility index (Phi) is 5.74. The van der Waals surface area contributed by atoms with Gasteiger partial charge in [-0.25, -0.2) is 0 Å². The van der Waals surface area contributed by atoms with E-state index >= 15 is 0 Å². The van der Waals surface area contributed by atoms with Crippen LogP contribution in [0.3, 0.4) is 0 Å². The molecule has 0 saturated carbocycles. The van der Waals surface area contributed by atoms with Crippen LogP contribution in [-0.4, -0.2) is 8.07 Å². The Bertz CT molecular complexity index is 249. The summed E-state index contributed by atoms with van der Waals surface area (Å²) < 4.78 is 0.536. The second-order valence-corrected chi connectivity index (χ2v) is 9.16. The third-order valence-corrected chi connectivity index (χ3v) is 7.52. The first-order valence-electron chi connectivity index (χ1n) is 3.79. The Balaban J connectivity index is 0.00000144. The van der Waals surface area contributed by atoms with Crippen molar-refractivity contribution in [2.75, 3.05) is 0 Å². The Labute approximate surface area is 103 Å². The van der Waals surface area contributed by atoms with Crippen molar-refractivity contribution in [1.29, 1.82) is 0 Å². The van der Waals surface area contributed by atoms with E-state index in [0.717, 1.165) is 0 Å². The molecule has 0 aliphatic rings. The van der Waals surface area contributed by atoms with E-state index in [9.17, 15) is 0 Å². The summed E-state index contributed by atoms with van der Waals surface area (Å²) in [4.78, 5) is 0. The fraction of sp³-hybridized carbons (Fsp3) is 0.222. The molecule has 0 N–H and O–H groups in total. The van der Waals surface area contributed by atoms with Gasteiger partial charge in [0.1, 0.15) is 0 Å². The molecule has 0 bridgehead atoms. The van der Waals surface area contributed by atoms with Gasteiger partial charge >= 0.3 is 18.9 Å². The predicted molar refractivity (Wildman–Crippen MR) is 58.5 cm³/mol. The third-order valence-electron chi connectivity index (χ3n) is 1.97. The molecule has 0 radical (unpaired) electrons. The smallest absolute Gasteiger partial charge is 0.331 e. The van der Waals surface area contributed by atoms with E-state index in [-0.39, 0.29) is 18.9 Å². The van der Waals surface area contributed by atoms with Gasteiger partial charge in [-0.15, -0.1) is 4.46 Å². The van der Waals surface area contributed by atoms with Crippen molar-refractivity contribution >= 4 is 36.5 Å². The molecule has 0 unspecified atom stereocenters. The number of hydrogen-bond donors (Lipinski definition) is 0. The van der Waals surface area contributed by atoms with Crippen LogP contribution in [0, 0.1) is 4.46 Å². The van der Waals surface area contributed by atoms with Gasteiger partial charge in [-0.3, -0.25) is 0 Å². The molecule has 0 saturated heterocycles. The van der Waals surface area contributed by atoms with Crippen molar-refractivity contribution in [3.8, 4) is 0 Å². The molecule has 1 rings (SSSR count). The van der Waals surface area contributed by atoms with E-state index in [1.165, 1.54) is 5.19 Å². The number of benzene rings is 1. The van der Waals surface area contributed by atoms with Crippen LogP contribution in [0.5, 0.6) is 0 Å². The van der Waals surface area contributed by atoms with Crippen LogP contribution in [0.1, 0.15) is 0 Å². The van der Waals surface area contributed by atoms with Crippen LogP contribution in [0.15, 0.2) is 30.3 Å². The summed E-state index contributed by atoms with van der Waals surface area (Å²) in [5.74, 6) is 0. The molecule has 0 spiro atoms. The van der Waals surface area contributed by atoms with Crippen LogP contribution in [-0.2, 0) is 0 Å². The summed E-state index contributed by atoms with van der Waals surface area (Å²) in [6.45, 7) is 4.27. The van der Waals surface area contributed by atoms with Crippen LogP contribution in [0.4, 0.5) is 0 Å². The standard InChI is InChI=1S/C9H11Cl2Si.Li/c1-12(2,9(10)11)8-6-4-3-5-7-8;/h3-7H,1-2H3;/q-1;+1. The van der Waals surface area contributed by atoms with E-state index < -0.39 is 8.07 Å². The summed E-state index contributed by atoms with van der Waals surface area (Å²) in [6.07, 6.45) is 0. The van der Waals surface area contributed by atoms with Gasteiger partial charge in [-0.05, 0) is 8.07 Å². The Morgan fingerprint density at radius 2 is 1.54 bits per heavy atom. The molecule has 66 valence electrons. The van der Waals surface area contributed by atoms with Crippen molar-refractivity contribution in [2.24, 2.45) is 0 Å². The van der Waals surface area contributed by atoms with Gasteiger partial charge in [0, 0.05) is 0 Å². The fourth-order valence-corrected chi connectivity index (χ4v) is 2.86. The van der Waals surface area contributed by atoms with Crippen LogP contribution < -0.4 is 24.0 Å². The summed E-state index contributed by atoms with van der Waals surface area (Å²) in [6, 6.07) is 10.2. The molecule has 0 amide bonds. The monoisotopic (exact) mass is 224 g/mol. The SMILES string of the molecule is C[Si](C)(c1ccccc1)[C-](Cl)Cl.[Li+]. The van der Waals surface area contributed by atoms with E-state index in [1.54, 1.807) is 0 Å². The molecule has 0 atom stereocenters. The average Bonchev–Trinajstić information content (AvgIpc) is 2.06. The van der Waals surface area contributed by atoms with Crippen LogP contribution >= 0.6 is 23.2 Å². The zero-order valence-corrected chi connectivity index (χ0v) is 10.7. The molecule has 1 aromatic carbocycles. The van der Waals surface area contributed by atoms with Crippen molar-refractivity contribution in [3.63, 3.8) is 0 Å².